The quantitative estimate of drug-likeness (QED) is 0.185. The van der Waals surface area contributed by atoms with Crippen molar-refractivity contribution in [3.05, 3.63) is 40.3 Å². The van der Waals surface area contributed by atoms with E-state index in [0.717, 1.165) is 30.5 Å². The first-order valence-corrected chi connectivity index (χ1v) is 12.4. The summed E-state index contributed by atoms with van der Waals surface area (Å²) >= 11 is 1.24. The van der Waals surface area contributed by atoms with Crippen molar-refractivity contribution in [3.8, 4) is 0 Å². The molecule has 0 fully saturated rings. The Kier molecular flexibility index (Phi) is 8.07. The molecule has 6 N–H and O–H groups in total. The summed E-state index contributed by atoms with van der Waals surface area (Å²) in [7, 11) is -4.25. The maximum absolute atomic E-state index is 12.5. The van der Waals surface area contributed by atoms with Gasteiger partial charge >= 0.3 is 5.97 Å². The lowest BCUT2D eigenvalue weighted by Gasteiger charge is -2.25. The number of aliphatic carboxylic acids is 1. The van der Waals surface area contributed by atoms with E-state index in [-0.39, 0.29) is 11.3 Å². The van der Waals surface area contributed by atoms with Crippen LogP contribution in [0.4, 0.5) is 0 Å². The number of nitrogens with zero attached hydrogens (tertiary/aromatic N) is 3. The summed E-state index contributed by atoms with van der Waals surface area (Å²) < 4.78 is 26.9. The van der Waals surface area contributed by atoms with Gasteiger partial charge in [-0.25, -0.2) is 13.2 Å². The van der Waals surface area contributed by atoms with Gasteiger partial charge in [0.25, 0.3) is 0 Å². The van der Waals surface area contributed by atoms with Crippen LogP contribution in [0, 0.1) is 0 Å². The van der Waals surface area contributed by atoms with Crippen molar-refractivity contribution >= 4 is 39.1 Å². The number of aliphatic imine (C=N–C) groups is 1. The van der Waals surface area contributed by atoms with Gasteiger partial charge in [-0.3, -0.25) is 9.79 Å². The molecule has 0 saturated carbocycles. The maximum Gasteiger partial charge on any atom is 0.340 e. The Morgan fingerprint density at radius 3 is 2.61 bits per heavy atom. The number of hydrogen-bond donors (Lipinski definition) is 5. The van der Waals surface area contributed by atoms with Gasteiger partial charge < -0.3 is 21.5 Å². The third kappa shape index (κ3) is 7.02. The molecule has 0 saturated heterocycles. The summed E-state index contributed by atoms with van der Waals surface area (Å²) in [6.45, 7) is 2.29. The first-order valence-electron chi connectivity index (χ1n) is 10.1. The van der Waals surface area contributed by atoms with Gasteiger partial charge in [0, 0.05) is 19.5 Å². The lowest BCUT2D eigenvalue weighted by atomic mass is 10.0. The molecule has 1 atom stereocenters. The second-order valence-electron chi connectivity index (χ2n) is 7.36. The molecule has 33 heavy (non-hydrogen) atoms. The van der Waals surface area contributed by atoms with Crippen molar-refractivity contribution in [1.29, 1.82) is 0 Å². The molecule has 0 aliphatic carbocycles. The number of Topliss-reactive ketones (excluding diaryl/α,β-unsaturated/α-hetero) is 1. The number of carbonyl (C=O) groups excluding carboxylic acids is 1. The predicted molar refractivity (Wildman–Crippen MR) is 121 cm³/mol. The highest BCUT2D eigenvalue weighted by molar-refractivity contribution is 7.89. The average Bonchev–Trinajstić information content (AvgIpc) is 3.43. The molecule has 12 nitrogen and oxygen atoms in total. The van der Waals surface area contributed by atoms with E-state index in [1.54, 1.807) is 6.07 Å². The molecule has 0 spiro atoms. The molecule has 14 heteroatoms. The van der Waals surface area contributed by atoms with Crippen LogP contribution in [0.25, 0.3) is 0 Å². The van der Waals surface area contributed by atoms with E-state index in [1.807, 2.05) is 4.72 Å². The Bertz CT molecular complexity index is 1120. The van der Waals surface area contributed by atoms with E-state index in [2.05, 4.69) is 25.8 Å². The number of carboxylic acid groups (broad SMARTS) is 1. The first-order chi connectivity index (χ1) is 15.7. The fourth-order valence-corrected chi connectivity index (χ4v) is 5.21. The monoisotopic (exact) mass is 495 g/mol. The number of benzene rings is 1. The Hall–Kier alpha value is -2.94. The van der Waals surface area contributed by atoms with E-state index >= 15 is 0 Å². The number of nitrogens with two attached hydrogens (primary N) is 1. The number of nitrogens with one attached hydrogen (secondary N) is 3. The zero-order valence-electron chi connectivity index (χ0n) is 17.7. The molecular weight excluding hydrogens is 470 g/mol. The molecule has 0 radical (unpaired) electrons. The molecule has 1 aliphatic rings. The number of carboxylic acids is 1. The predicted octanol–water partition coefficient (Wildman–Crippen LogP) is -0.761. The van der Waals surface area contributed by atoms with E-state index in [9.17, 15) is 23.1 Å². The number of sulfonamides is 1. The standard InChI is InChI=1S/C19H25N7O5S2/c20-19(17(28)29,26-33(30,31)14-5-2-1-3-6-14)12-13(27)11-16-25-24-15(32-16)7-4-8-21-18-22-9-10-23-18/h1-3,5-6,26H,4,7-12,20H2,(H,28,29)(H2,21,22,23). The van der Waals surface area contributed by atoms with Gasteiger partial charge in [-0.15, -0.1) is 21.5 Å². The van der Waals surface area contributed by atoms with Crippen molar-refractivity contribution in [2.45, 2.75) is 36.2 Å². The molecule has 0 bridgehead atoms. The Labute approximate surface area is 194 Å². The highest BCUT2D eigenvalue weighted by atomic mass is 32.2. The molecule has 2 aromatic rings. The smallest absolute Gasteiger partial charge is 0.340 e. The van der Waals surface area contributed by atoms with Crippen LogP contribution in [0.1, 0.15) is 22.9 Å². The van der Waals surface area contributed by atoms with E-state index in [1.165, 1.54) is 35.6 Å². The summed E-state index contributed by atoms with van der Waals surface area (Å²) in [4.78, 5) is 28.3. The Morgan fingerprint density at radius 2 is 1.94 bits per heavy atom. The average molecular weight is 496 g/mol. The van der Waals surface area contributed by atoms with Gasteiger partial charge in [-0.05, 0) is 18.6 Å². The van der Waals surface area contributed by atoms with Crippen molar-refractivity contribution in [3.63, 3.8) is 0 Å². The van der Waals surface area contributed by atoms with Gasteiger partial charge in [0.1, 0.15) is 15.8 Å². The second kappa shape index (κ2) is 10.8. The minimum atomic E-state index is -4.25. The fraction of sp³-hybridized carbons (Fsp3) is 0.421. The first kappa shape index (κ1) is 24.7. The van der Waals surface area contributed by atoms with Crippen molar-refractivity contribution in [2.24, 2.45) is 10.7 Å². The SMILES string of the molecule is NC(CC(=O)Cc1nnc(CCCNC2=NCCN2)s1)(NS(=O)(=O)c1ccccc1)C(=O)O. The molecule has 1 aromatic heterocycles. The minimum Gasteiger partial charge on any atom is -0.479 e. The maximum atomic E-state index is 12.5. The summed E-state index contributed by atoms with van der Waals surface area (Å²) in [6, 6.07) is 7.18. The zero-order valence-corrected chi connectivity index (χ0v) is 19.3. The Morgan fingerprint density at radius 1 is 1.21 bits per heavy atom. The number of aryl methyl sites for hydroxylation is 1. The van der Waals surface area contributed by atoms with Crippen LogP contribution < -0.4 is 21.1 Å². The molecule has 1 aromatic carbocycles. The fourth-order valence-electron chi connectivity index (χ4n) is 3.02. The van der Waals surface area contributed by atoms with E-state index in [4.69, 9.17) is 5.73 Å². The summed E-state index contributed by atoms with van der Waals surface area (Å²) in [5, 5.41) is 25.0. The minimum absolute atomic E-state index is 0.160. The molecule has 178 valence electrons. The van der Waals surface area contributed by atoms with Gasteiger partial charge in [0.05, 0.1) is 24.3 Å². The summed E-state index contributed by atoms with van der Waals surface area (Å²) in [5.41, 5.74) is 3.29. The topological polar surface area (TPSA) is 189 Å². The van der Waals surface area contributed by atoms with E-state index < -0.39 is 33.9 Å². The third-order valence-electron chi connectivity index (χ3n) is 4.62. The molecule has 0 amide bonds. The van der Waals surface area contributed by atoms with Crippen LogP contribution in [0.5, 0.6) is 0 Å². The number of hydrogen-bond acceptors (Lipinski definition) is 11. The highest BCUT2D eigenvalue weighted by Crippen LogP contribution is 2.17. The largest absolute Gasteiger partial charge is 0.479 e. The van der Waals surface area contributed by atoms with Crippen LogP contribution in [0.3, 0.4) is 0 Å². The van der Waals surface area contributed by atoms with Crippen LogP contribution in [-0.4, -0.2) is 66.7 Å². The normalized spacial score (nSPS) is 15.4. The number of carbonyl (C=O) groups is 2. The lowest BCUT2D eigenvalue weighted by Crippen LogP contribution is -2.62. The molecular formula is C19H25N7O5S2. The zero-order chi connectivity index (χ0) is 23.9. The summed E-state index contributed by atoms with van der Waals surface area (Å²) in [5.74, 6) is -1.46. The second-order valence-corrected chi connectivity index (χ2v) is 10.2. The highest BCUT2D eigenvalue weighted by Gasteiger charge is 2.40. The van der Waals surface area contributed by atoms with E-state index in [0.29, 0.717) is 18.0 Å². The van der Waals surface area contributed by atoms with Gasteiger partial charge in [0.2, 0.25) is 10.0 Å². The number of ketones is 1. The van der Waals surface area contributed by atoms with Gasteiger partial charge in [0.15, 0.2) is 11.6 Å². The molecule has 3 rings (SSSR count). The summed E-state index contributed by atoms with van der Waals surface area (Å²) in [6.07, 6.45) is 0.493. The molecule has 1 aliphatic heterocycles. The van der Waals surface area contributed by atoms with Crippen molar-refractivity contribution < 1.29 is 23.1 Å². The van der Waals surface area contributed by atoms with Crippen molar-refractivity contribution in [1.82, 2.24) is 25.6 Å². The Balaban J connectivity index is 1.54. The van der Waals surface area contributed by atoms with Crippen LogP contribution in [-0.2, 0) is 32.5 Å². The number of guanidine groups is 1. The van der Waals surface area contributed by atoms with Crippen LogP contribution >= 0.6 is 11.3 Å². The van der Waals surface area contributed by atoms with Crippen LogP contribution in [0.15, 0.2) is 40.2 Å². The lowest BCUT2D eigenvalue weighted by molar-refractivity contribution is -0.146. The van der Waals surface area contributed by atoms with Crippen LogP contribution in [0.2, 0.25) is 0 Å². The van der Waals surface area contributed by atoms with Gasteiger partial charge in [-0.2, -0.15) is 4.72 Å². The third-order valence-corrected chi connectivity index (χ3v) is 7.13. The van der Waals surface area contributed by atoms with Gasteiger partial charge in [-0.1, -0.05) is 18.2 Å². The van der Waals surface area contributed by atoms with Crippen molar-refractivity contribution in [2.75, 3.05) is 19.6 Å². The molecule has 2 heterocycles. The molecule has 1 unspecified atom stereocenters. The number of aromatic nitrogens is 2. The number of rotatable bonds is 12.